The van der Waals surface area contributed by atoms with Crippen LogP contribution in [-0.4, -0.2) is 29.6 Å². The molecule has 1 atom stereocenters. The molecule has 0 amide bonds. The molecule has 1 aromatic rings. The van der Waals surface area contributed by atoms with Gasteiger partial charge in [0.1, 0.15) is 11.6 Å². The maximum absolute atomic E-state index is 13.4. The molecule has 1 aliphatic rings. The fourth-order valence-corrected chi connectivity index (χ4v) is 3.93. The van der Waals surface area contributed by atoms with Crippen LogP contribution in [0.15, 0.2) is 18.2 Å². The van der Waals surface area contributed by atoms with Gasteiger partial charge in [0.15, 0.2) is 0 Å². The molecule has 2 N–H and O–H groups in total. The standard InChI is InChI=1S/C17H26F2N2/c1-3-21(4-2)17(7-5-6-8-17)16(20)11-13-9-14(18)12-15(19)10-13/h9-10,12,16H,3-8,11,20H2,1-2H3. The zero-order chi connectivity index (χ0) is 15.5. The zero-order valence-corrected chi connectivity index (χ0v) is 13.0. The summed E-state index contributed by atoms with van der Waals surface area (Å²) in [6.07, 6.45) is 5.04. The molecule has 2 rings (SSSR count). The van der Waals surface area contributed by atoms with Crippen molar-refractivity contribution in [1.82, 2.24) is 4.90 Å². The van der Waals surface area contributed by atoms with Gasteiger partial charge in [-0.1, -0.05) is 26.7 Å². The Morgan fingerprint density at radius 3 is 2.10 bits per heavy atom. The average Bonchev–Trinajstić information content (AvgIpc) is 2.89. The van der Waals surface area contributed by atoms with Gasteiger partial charge in [-0.3, -0.25) is 4.90 Å². The van der Waals surface area contributed by atoms with Crippen LogP contribution in [0.5, 0.6) is 0 Å². The van der Waals surface area contributed by atoms with E-state index in [2.05, 4.69) is 18.7 Å². The second-order valence-corrected chi connectivity index (χ2v) is 6.07. The van der Waals surface area contributed by atoms with E-state index in [1.54, 1.807) is 0 Å². The summed E-state index contributed by atoms with van der Waals surface area (Å²) in [5, 5.41) is 0. The Bertz CT molecular complexity index is 446. The number of hydrogen-bond donors (Lipinski definition) is 1. The maximum atomic E-state index is 13.4. The largest absolute Gasteiger partial charge is 0.326 e. The highest BCUT2D eigenvalue weighted by atomic mass is 19.1. The lowest BCUT2D eigenvalue weighted by Crippen LogP contribution is -2.59. The van der Waals surface area contributed by atoms with E-state index in [0.717, 1.165) is 32.0 Å². The Labute approximate surface area is 126 Å². The Balaban J connectivity index is 2.20. The summed E-state index contributed by atoms with van der Waals surface area (Å²) in [6.45, 7) is 6.22. The number of halogens is 2. The zero-order valence-electron chi connectivity index (χ0n) is 13.0. The summed E-state index contributed by atoms with van der Waals surface area (Å²) >= 11 is 0. The first-order valence-electron chi connectivity index (χ1n) is 7.97. The smallest absolute Gasteiger partial charge is 0.126 e. The minimum atomic E-state index is -0.527. The number of hydrogen-bond acceptors (Lipinski definition) is 2. The van der Waals surface area contributed by atoms with Crippen molar-refractivity contribution in [2.75, 3.05) is 13.1 Å². The van der Waals surface area contributed by atoms with Gasteiger partial charge < -0.3 is 5.73 Å². The van der Waals surface area contributed by atoms with E-state index >= 15 is 0 Å². The van der Waals surface area contributed by atoms with Crippen molar-refractivity contribution >= 4 is 0 Å². The van der Waals surface area contributed by atoms with Crippen LogP contribution in [0.3, 0.4) is 0 Å². The van der Waals surface area contributed by atoms with Gasteiger partial charge >= 0.3 is 0 Å². The van der Waals surface area contributed by atoms with Crippen molar-refractivity contribution in [2.45, 2.75) is 57.5 Å². The number of nitrogens with two attached hydrogens (primary N) is 1. The van der Waals surface area contributed by atoms with Gasteiger partial charge in [0.25, 0.3) is 0 Å². The topological polar surface area (TPSA) is 29.3 Å². The third kappa shape index (κ3) is 3.43. The van der Waals surface area contributed by atoms with Crippen molar-refractivity contribution in [2.24, 2.45) is 5.73 Å². The van der Waals surface area contributed by atoms with Gasteiger partial charge in [0.05, 0.1) is 0 Å². The first-order valence-corrected chi connectivity index (χ1v) is 7.97. The fraction of sp³-hybridized carbons (Fsp3) is 0.647. The van der Waals surface area contributed by atoms with Crippen LogP contribution in [0.4, 0.5) is 8.78 Å². The third-order valence-electron chi connectivity index (χ3n) is 4.93. The molecule has 0 aliphatic heterocycles. The summed E-state index contributed by atoms with van der Waals surface area (Å²) in [5.41, 5.74) is 7.14. The second kappa shape index (κ2) is 6.84. The molecule has 0 radical (unpaired) electrons. The SMILES string of the molecule is CCN(CC)C1(C(N)Cc2cc(F)cc(F)c2)CCCC1. The van der Waals surface area contributed by atoms with E-state index < -0.39 is 11.6 Å². The Hall–Kier alpha value is -1.00. The molecule has 1 aromatic carbocycles. The molecule has 1 unspecified atom stereocenters. The lowest BCUT2D eigenvalue weighted by atomic mass is 9.83. The summed E-state index contributed by atoms with van der Waals surface area (Å²) in [4.78, 5) is 2.43. The number of nitrogens with zero attached hydrogens (tertiary/aromatic N) is 1. The highest BCUT2D eigenvalue weighted by Gasteiger charge is 2.43. The van der Waals surface area contributed by atoms with Crippen molar-refractivity contribution in [3.63, 3.8) is 0 Å². The minimum absolute atomic E-state index is 0.0215. The highest BCUT2D eigenvalue weighted by molar-refractivity contribution is 5.20. The van der Waals surface area contributed by atoms with Gasteiger partial charge in [-0.2, -0.15) is 0 Å². The predicted octanol–water partition coefficient (Wildman–Crippen LogP) is 3.49. The first kappa shape index (κ1) is 16.4. The minimum Gasteiger partial charge on any atom is -0.326 e. The quantitative estimate of drug-likeness (QED) is 0.870. The number of benzene rings is 1. The fourth-order valence-electron chi connectivity index (χ4n) is 3.93. The number of rotatable bonds is 6. The van der Waals surface area contributed by atoms with Crippen molar-refractivity contribution in [3.05, 3.63) is 35.4 Å². The molecule has 0 aromatic heterocycles. The monoisotopic (exact) mass is 296 g/mol. The van der Waals surface area contributed by atoms with Gasteiger partial charge in [-0.25, -0.2) is 8.78 Å². The molecule has 118 valence electrons. The summed E-state index contributed by atoms with van der Waals surface area (Å²) in [7, 11) is 0. The van der Waals surface area contributed by atoms with Crippen molar-refractivity contribution < 1.29 is 8.78 Å². The Morgan fingerprint density at radius 2 is 1.62 bits per heavy atom. The molecular weight excluding hydrogens is 270 g/mol. The van der Waals surface area contributed by atoms with E-state index in [-0.39, 0.29) is 11.6 Å². The van der Waals surface area contributed by atoms with Crippen LogP contribution >= 0.6 is 0 Å². The van der Waals surface area contributed by atoms with Gasteiger partial charge in [-0.15, -0.1) is 0 Å². The Kier molecular flexibility index (Phi) is 5.33. The van der Waals surface area contributed by atoms with Gasteiger partial charge in [0, 0.05) is 17.6 Å². The van der Waals surface area contributed by atoms with Crippen LogP contribution in [0, 0.1) is 11.6 Å². The lowest BCUT2D eigenvalue weighted by molar-refractivity contribution is 0.0771. The molecule has 2 nitrogen and oxygen atoms in total. The molecule has 1 aliphatic carbocycles. The van der Waals surface area contributed by atoms with E-state index in [9.17, 15) is 8.78 Å². The molecule has 21 heavy (non-hydrogen) atoms. The van der Waals surface area contributed by atoms with Crippen LogP contribution < -0.4 is 5.73 Å². The van der Waals surface area contributed by atoms with E-state index in [1.807, 2.05) is 0 Å². The molecule has 0 heterocycles. The molecule has 1 saturated carbocycles. The average molecular weight is 296 g/mol. The van der Waals surface area contributed by atoms with E-state index in [4.69, 9.17) is 5.73 Å². The second-order valence-electron chi connectivity index (χ2n) is 6.07. The predicted molar refractivity (Wildman–Crippen MR) is 82.2 cm³/mol. The maximum Gasteiger partial charge on any atom is 0.126 e. The molecule has 1 fully saturated rings. The van der Waals surface area contributed by atoms with E-state index in [0.29, 0.717) is 12.0 Å². The van der Waals surface area contributed by atoms with Gasteiger partial charge in [0.2, 0.25) is 0 Å². The number of likely N-dealkylation sites (N-methyl/N-ethyl adjacent to an activating group) is 1. The molecule has 0 spiro atoms. The molecule has 4 heteroatoms. The Morgan fingerprint density at radius 1 is 1.10 bits per heavy atom. The van der Waals surface area contributed by atoms with Gasteiger partial charge in [-0.05, 0) is 50.0 Å². The first-order chi connectivity index (χ1) is 10.0. The summed E-state index contributed by atoms with van der Waals surface area (Å²) < 4.78 is 26.7. The van der Waals surface area contributed by atoms with Crippen LogP contribution in [0.25, 0.3) is 0 Å². The summed E-state index contributed by atoms with van der Waals surface area (Å²) in [5.74, 6) is -1.05. The van der Waals surface area contributed by atoms with Crippen LogP contribution in [-0.2, 0) is 6.42 Å². The van der Waals surface area contributed by atoms with Crippen molar-refractivity contribution in [1.29, 1.82) is 0 Å². The normalized spacial score (nSPS) is 19.1. The highest BCUT2D eigenvalue weighted by Crippen LogP contribution is 2.38. The molecular formula is C17H26F2N2. The molecule has 0 saturated heterocycles. The third-order valence-corrected chi connectivity index (χ3v) is 4.93. The van der Waals surface area contributed by atoms with Crippen molar-refractivity contribution in [3.8, 4) is 0 Å². The molecule has 0 bridgehead atoms. The lowest BCUT2D eigenvalue weighted by Gasteiger charge is -2.45. The van der Waals surface area contributed by atoms with E-state index in [1.165, 1.54) is 25.0 Å². The van der Waals surface area contributed by atoms with Crippen LogP contribution in [0.2, 0.25) is 0 Å². The van der Waals surface area contributed by atoms with Crippen LogP contribution in [0.1, 0.15) is 45.1 Å². The summed E-state index contributed by atoms with van der Waals surface area (Å²) in [6, 6.07) is 3.60.